The number of rotatable bonds is 11. The van der Waals surface area contributed by atoms with E-state index in [0.29, 0.717) is 45.1 Å². The summed E-state index contributed by atoms with van der Waals surface area (Å²) in [6, 6.07) is 5.31. The number of unbranched alkanes of at least 4 members (excludes halogenated alkanes) is 2. The monoisotopic (exact) mass is 601 g/mol. The van der Waals surface area contributed by atoms with Crippen LogP contribution >= 0.6 is 15.9 Å². The van der Waals surface area contributed by atoms with Crippen LogP contribution in [0.5, 0.6) is 5.75 Å². The first-order valence-electron chi connectivity index (χ1n) is 13.9. The first-order valence-corrected chi connectivity index (χ1v) is 14.7. The van der Waals surface area contributed by atoms with Crippen molar-refractivity contribution in [3.8, 4) is 5.75 Å². The number of likely N-dealkylation sites (tertiary alicyclic amines) is 1. The molecule has 0 radical (unpaired) electrons. The van der Waals surface area contributed by atoms with Crippen LogP contribution < -0.4 is 0 Å². The number of phenolic OH excluding ortho intramolecular Hbond substituents is 1. The van der Waals surface area contributed by atoms with Crippen LogP contribution in [0.3, 0.4) is 0 Å². The van der Waals surface area contributed by atoms with Gasteiger partial charge in [0.25, 0.3) is 0 Å². The average molecular weight is 602 g/mol. The van der Waals surface area contributed by atoms with Crippen molar-refractivity contribution in [2.45, 2.75) is 77.6 Å². The number of carbonyl (C=O) groups is 3. The largest absolute Gasteiger partial charge is 0.507 e. The van der Waals surface area contributed by atoms with Gasteiger partial charge in [-0.05, 0) is 81.5 Å². The molecule has 2 saturated heterocycles. The molecule has 1 aliphatic carbocycles. The molecule has 2 amide bonds. The van der Waals surface area contributed by atoms with E-state index in [-0.39, 0.29) is 42.3 Å². The zero-order valence-corrected chi connectivity index (χ0v) is 24.2. The lowest BCUT2D eigenvalue weighted by molar-refractivity contribution is -0.141. The number of aliphatic carboxylic acids is 1. The van der Waals surface area contributed by atoms with E-state index >= 15 is 0 Å². The van der Waals surface area contributed by atoms with E-state index in [9.17, 15) is 24.5 Å². The predicted octanol–water partition coefficient (Wildman–Crippen LogP) is 5.19. The number of hydrogen-bond donors (Lipinski definition) is 3. The van der Waals surface area contributed by atoms with Gasteiger partial charge in [0, 0.05) is 23.0 Å². The van der Waals surface area contributed by atoms with Gasteiger partial charge in [0.2, 0.25) is 11.8 Å². The van der Waals surface area contributed by atoms with Crippen LogP contribution in [-0.4, -0.2) is 57.7 Å². The fraction of sp³-hybridized carbons (Fsp3) is 0.552. The van der Waals surface area contributed by atoms with E-state index in [2.05, 4.69) is 22.9 Å². The van der Waals surface area contributed by atoms with E-state index in [0.717, 1.165) is 33.2 Å². The first-order chi connectivity index (χ1) is 18.6. The van der Waals surface area contributed by atoms with Gasteiger partial charge in [0.15, 0.2) is 0 Å². The van der Waals surface area contributed by atoms with Gasteiger partial charge in [-0.25, -0.2) is 0 Å². The summed E-state index contributed by atoms with van der Waals surface area (Å²) in [5.41, 5.74) is 3.98. The molecular weight excluding hydrogens is 565 g/mol. The van der Waals surface area contributed by atoms with Crippen LogP contribution in [0.1, 0.15) is 70.8 Å². The van der Waals surface area contributed by atoms with Crippen molar-refractivity contribution >= 4 is 46.9 Å². The van der Waals surface area contributed by atoms with Gasteiger partial charge < -0.3 is 19.9 Å². The number of halogens is 1. The molecule has 39 heavy (non-hydrogen) atoms. The Labute approximate surface area is 238 Å². The maximum atomic E-state index is 13.5. The number of imide groups is 1. The van der Waals surface area contributed by atoms with Crippen LogP contribution in [0.2, 0.25) is 6.32 Å². The molecule has 3 aliphatic rings. The van der Waals surface area contributed by atoms with E-state index < -0.39 is 24.9 Å². The Morgan fingerprint density at radius 3 is 2.67 bits per heavy atom. The highest BCUT2D eigenvalue weighted by atomic mass is 79.9. The van der Waals surface area contributed by atoms with Gasteiger partial charge in [-0.2, -0.15) is 0 Å². The van der Waals surface area contributed by atoms with Crippen LogP contribution in [0.4, 0.5) is 0 Å². The molecule has 4 rings (SSSR count). The predicted molar refractivity (Wildman–Crippen MR) is 152 cm³/mol. The first kappa shape index (κ1) is 29.6. The Bertz CT molecular complexity index is 1180. The highest BCUT2D eigenvalue weighted by Crippen LogP contribution is 2.50. The topological polar surface area (TPSA) is 124 Å². The number of phenols is 1. The van der Waals surface area contributed by atoms with E-state index in [4.69, 9.17) is 9.76 Å². The highest BCUT2D eigenvalue weighted by Gasteiger charge is 2.56. The maximum Gasteiger partial charge on any atom is 0.455 e. The van der Waals surface area contributed by atoms with Crippen molar-refractivity contribution in [3.05, 3.63) is 45.0 Å². The fourth-order valence-corrected chi connectivity index (χ4v) is 6.84. The van der Waals surface area contributed by atoms with Crippen molar-refractivity contribution in [1.29, 1.82) is 0 Å². The summed E-state index contributed by atoms with van der Waals surface area (Å²) < 4.78 is 6.90. The third-order valence-corrected chi connectivity index (χ3v) is 8.84. The second-order valence-electron chi connectivity index (χ2n) is 10.9. The van der Waals surface area contributed by atoms with Crippen molar-refractivity contribution < 1.29 is 34.3 Å². The van der Waals surface area contributed by atoms with Gasteiger partial charge in [-0.15, -0.1) is 0 Å². The van der Waals surface area contributed by atoms with Gasteiger partial charge in [0.05, 0.1) is 17.9 Å². The molecule has 0 unspecified atom stereocenters. The number of allylic oxidation sites excluding steroid dienone is 2. The van der Waals surface area contributed by atoms with Gasteiger partial charge >= 0.3 is 13.1 Å². The molecule has 1 aromatic carbocycles. The van der Waals surface area contributed by atoms with E-state index in [1.807, 2.05) is 19.1 Å². The van der Waals surface area contributed by atoms with Crippen molar-refractivity contribution in [2.75, 3.05) is 6.54 Å². The number of hydrogen-bond acceptors (Lipinski definition) is 6. The zero-order valence-electron chi connectivity index (χ0n) is 22.6. The average Bonchev–Trinajstić information content (AvgIpc) is 3.12. The fourth-order valence-electron chi connectivity index (χ4n) is 6.46. The molecule has 210 valence electrons. The third-order valence-electron chi connectivity index (χ3n) is 8.35. The van der Waals surface area contributed by atoms with Gasteiger partial charge in [-0.3, -0.25) is 19.3 Å². The lowest BCUT2D eigenvalue weighted by Gasteiger charge is -2.42. The minimum atomic E-state index is -1.01. The van der Waals surface area contributed by atoms with Crippen LogP contribution in [0.25, 0.3) is 6.08 Å². The van der Waals surface area contributed by atoms with E-state index in [1.165, 1.54) is 4.90 Å². The summed E-state index contributed by atoms with van der Waals surface area (Å²) in [7, 11) is -1.01. The molecule has 0 bridgehead atoms. The number of amides is 2. The van der Waals surface area contributed by atoms with Crippen LogP contribution in [0, 0.1) is 17.8 Å². The molecule has 10 heteroatoms. The molecule has 2 heterocycles. The Morgan fingerprint density at radius 2 is 1.95 bits per heavy atom. The lowest BCUT2D eigenvalue weighted by Crippen LogP contribution is -2.46. The number of aromatic hydroxyl groups is 1. The number of fused-ring (bicyclic) bond motifs is 3. The standard InChI is InChI=1S/C29H37BBrNO7/c1-3-18(14-19-15-20(31)9-10-23(19)33)8-11-24-26-17(2)13-21-27(22(26)16-30(38)39-24)29(37)32(28(21)36)12-6-4-5-7-25(34)35/h9-10,14-15,21-22,24,27,33,38H,3-8,11-13,16H2,1-2H3,(H,34,35)/b18-14+/t21-,22+,24-,27-/m1/s1. The second kappa shape index (κ2) is 12.8. The van der Waals surface area contributed by atoms with Crippen molar-refractivity contribution in [3.63, 3.8) is 0 Å². The molecule has 0 aromatic heterocycles. The second-order valence-corrected chi connectivity index (χ2v) is 11.8. The number of carboxylic acids is 1. The van der Waals surface area contributed by atoms with Crippen molar-refractivity contribution in [1.82, 2.24) is 4.90 Å². The van der Waals surface area contributed by atoms with Gasteiger partial charge in [0.1, 0.15) is 5.75 Å². The number of carboxylic acid groups (broad SMARTS) is 1. The van der Waals surface area contributed by atoms with Crippen molar-refractivity contribution in [2.24, 2.45) is 17.8 Å². The molecule has 0 spiro atoms. The number of benzene rings is 1. The normalized spacial score (nSPS) is 25.3. The molecule has 0 saturated carbocycles. The zero-order chi connectivity index (χ0) is 28.3. The minimum absolute atomic E-state index is 0.0833. The van der Waals surface area contributed by atoms with Gasteiger partial charge in [-0.1, -0.05) is 46.5 Å². The molecule has 3 N–H and O–H groups in total. The summed E-state index contributed by atoms with van der Waals surface area (Å²) in [6.07, 6.45) is 6.39. The van der Waals surface area contributed by atoms with Crippen LogP contribution in [0.15, 0.2) is 39.4 Å². The molecular formula is C29H37BBrNO7. The summed E-state index contributed by atoms with van der Waals surface area (Å²) >= 11 is 3.45. The number of nitrogens with zero attached hydrogens (tertiary/aromatic N) is 1. The smallest absolute Gasteiger partial charge is 0.455 e. The maximum absolute atomic E-state index is 13.5. The molecule has 8 nitrogen and oxygen atoms in total. The summed E-state index contributed by atoms with van der Waals surface area (Å²) in [5, 5.41) is 29.7. The molecule has 4 atom stereocenters. The summed E-state index contributed by atoms with van der Waals surface area (Å²) in [4.78, 5) is 38.9. The Balaban J connectivity index is 1.47. The quantitative estimate of drug-likeness (QED) is 0.138. The lowest BCUT2D eigenvalue weighted by atomic mass is 9.59. The molecule has 1 aromatic rings. The Morgan fingerprint density at radius 1 is 1.18 bits per heavy atom. The molecule has 2 aliphatic heterocycles. The van der Waals surface area contributed by atoms with E-state index in [1.54, 1.807) is 12.1 Å². The highest BCUT2D eigenvalue weighted by molar-refractivity contribution is 9.10. The SMILES string of the molecule is CC/C(=C\c1cc(Br)ccc1O)CC[C@H]1OB(O)C[C@H]2C1=C(C)C[C@H]1C(=O)N(CCCCCC(=O)O)C(=O)[C@H]12. The molecule has 2 fully saturated rings. The summed E-state index contributed by atoms with van der Waals surface area (Å²) in [5.74, 6) is -2.10. The van der Waals surface area contributed by atoms with Crippen LogP contribution in [-0.2, 0) is 19.0 Å². The Kier molecular flexibility index (Phi) is 9.72. The summed E-state index contributed by atoms with van der Waals surface area (Å²) in [6.45, 7) is 4.38. The Hall–Kier alpha value is -2.43. The third kappa shape index (κ3) is 6.66. The number of carbonyl (C=O) groups excluding carboxylic acids is 2. The minimum Gasteiger partial charge on any atom is -0.507 e.